The molecule has 1 amide bonds. The van der Waals surface area contributed by atoms with Gasteiger partial charge in [-0.15, -0.1) is 0 Å². The van der Waals surface area contributed by atoms with Gasteiger partial charge in [0.15, 0.2) is 0 Å². The molecule has 1 aliphatic heterocycles. The maximum Gasteiger partial charge on any atom is 0.238 e. The molecular formula is C19H18F2N4O. The first kappa shape index (κ1) is 17.8. The van der Waals surface area contributed by atoms with E-state index in [1.54, 1.807) is 18.2 Å². The molecule has 2 aromatic carbocycles. The number of piperazine rings is 1. The van der Waals surface area contributed by atoms with E-state index in [2.05, 4.69) is 5.32 Å². The first-order valence-electron chi connectivity index (χ1n) is 8.28. The molecule has 0 radical (unpaired) electrons. The summed E-state index contributed by atoms with van der Waals surface area (Å²) < 4.78 is 26.9. The van der Waals surface area contributed by atoms with Gasteiger partial charge < -0.3 is 10.2 Å². The first-order chi connectivity index (χ1) is 12.6. The Labute approximate surface area is 150 Å². The molecule has 0 aliphatic carbocycles. The summed E-state index contributed by atoms with van der Waals surface area (Å²) in [6, 6.07) is 12.3. The number of nitrogens with zero attached hydrogens (tertiary/aromatic N) is 3. The Hall–Kier alpha value is -2.98. The highest BCUT2D eigenvalue weighted by atomic mass is 19.1. The lowest BCUT2D eigenvalue weighted by Crippen LogP contribution is -2.48. The van der Waals surface area contributed by atoms with Crippen LogP contribution in [0.5, 0.6) is 0 Å². The molecule has 0 bridgehead atoms. The minimum atomic E-state index is -0.526. The lowest BCUT2D eigenvalue weighted by atomic mass is 10.1. The van der Waals surface area contributed by atoms with Crippen molar-refractivity contribution in [3.63, 3.8) is 0 Å². The number of rotatable bonds is 4. The van der Waals surface area contributed by atoms with Crippen LogP contribution in [0.4, 0.5) is 20.2 Å². The minimum Gasteiger partial charge on any atom is -0.368 e. The lowest BCUT2D eigenvalue weighted by molar-refractivity contribution is -0.117. The Morgan fingerprint density at radius 3 is 2.54 bits per heavy atom. The van der Waals surface area contributed by atoms with Gasteiger partial charge in [0.25, 0.3) is 0 Å². The number of benzene rings is 2. The number of nitrogens with one attached hydrogen (secondary N) is 1. The Kier molecular flexibility index (Phi) is 5.44. The third-order valence-electron chi connectivity index (χ3n) is 4.29. The van der Waals surface area contributed by atoms with Crippen LogP contribution in [-0.2, 0) is 4.79 Å². The van der Waals surface area contributed by atoms with Crippen molar-refractivity contribution in [3.8, 4) is 6.07 Å². The fourth-order valence-electron chi connectivity index (χ4n) is 3.00. The Bertz CT molecular complexity index is 842. The van der Waals surface area contributed by atoms with Crippen LogP contribution in [0.25, 0.3) is 0 Å². The molecule has 7 heteroatoms. The van der Waals surface area contributed by atoms with E-state index in [9.17, 15) is 13.6 Å². The number of carbonyl (C=O) groups excluding carboxylic acids is 1. The van der Waals surface area contributed by atoms with Crippen molar-refractivity contribution < 1.29 is 13.6 Å². The zero-order valence-electron chi connectivity index (χ0n) is 14.1. The summed E-state index contributed by atoms with van der Waals surface area (Å²) in [5.41, 5.74) is 1.05. The molecule has 1 N–H and O–H groups in total. The summed E-state index contributed by atoms with van der Waals surface area (Å²) in [5.74, 6) is -1.14. The first-order valence-corrected chi connectivity index (χ1v) is 8.28. The van der Waals surface area contributed by atoms with E-state index in [1.165, 1.54) is 24.3 Å². The van der Waals surface area contributed by atoms with E-state index in [4.69, 9.17) is 5.26 Å². The fraction of sp³-hybridized carbons (Fsp3) is 0.263. The van der Waals surface area contributed by atoms with Gasteiger partial charge in [0.1, 0.15) is 23.3 Å². The number of hydrogen-bond acceptors (Lipinski definition) is 4. The third kappa shape index (κ3) is 4.16. The molecule has 1 heterocycles. The SMILES string of the molecule is N#Cc1c(F)cccc1N1CCN(CC(=O)Nc2cccc(F)c2)CC1. The van der Waals surface area contributed by atoms with E-state index < -0.39 is 11.6 Å². The van der Waals surface area contributed by atoms with Gasteiger partial charge in [0, 0.05) is 31.9 Å². The summed E-state index contributed by atoms with van der Waals surface area (Å²) in [6.07, 6.45) is 0. The molecule has 0 saturated carbocycles. The minimum absolute atomic E-state index is 0.0461. The average Bonchev–Trinajstić information content (AvgIpc) is 2.62. The second kappa shape index (κ2) is 7.93. The Morgan fingerprint density at radius 2 is 1.85 bits per heavy atom. The zero-order chi connectivity index (χ0) is 18.5. The molecule has 5 nitrogen and oxygen atoms in total. The monoisotopic (exact) mass is 356 g/mol. The lowest BCUT2D eigenvalue weighted by Gasteiger charge is -2.36. The summed E-state index contributed by atoms with van der Waals surface area (Å²) in [6.45, 7) is 2.59. The van der Waals surface area contributed by atoms with Gasteiger partial charge in [-0.1, -0.05) is 12.1 Å². The summed E-state index contributed by atoms with van der Waals surface area (Å²) in [5, 5.41) is 11.8. The molecule has 1 saturated heterocycles. The summed E-state index contributed by atoms with van der Waals surface area (Å²) in [4.78, 5) is 16.0. The highest BCUT2D eigenvalue weighted by Crippen LogP contribution is 2.23. The maximum absolute atomic E-state index is 13.8. The predicted molar refractivity (Wildman–Crippen MR) is 94.8 cm³/mol. The zero-order valence-corrected chi connectivity index (χ0v) is 14.1. The van der Waals surface area contributed by atoms with E-state index >= 15 is 0 Å². The largest absolute Gasteiger partial charge is 0.368 e. The van der Waals surface area contributed by atoms with Crippen LogP contribution in [0.1, 0.15) is 5.56 Å². The second-order valence-corrected chi connectivity index (χ2v) is 6.07. The number of amides is 1. The van der Waals surface area contributed by atoms with Gasteiger partial charge in [0.05, 0.1) is 12.2 Å². The topological polar surface area (TPSA) is 59.4 Å². The number of nitriles is 1. The van der Waals surface area contributed by atoms with Crippen LogP contribution in [0, 0.1) is 23.0 Å². The van der Waals surface area contributed by atoms with Gasteiger partial charge in [-0.25, -0.2) is 8.78 Å². The normalized spacial score (nSPS) is 14.7. The number of halogens is 2. The van der Waals surface area contributed by atoms with Crippen LogP contribution in [0.2, 0.25) is 0 Å². The molecule has 26 heavy (non-hydrogen) atoms. The van der Waals surface area contributed by atoms with Crippen LogP contribution >= 0.6 is 0 Å². The molecule has 1 aliphatic rings. The van der Waals surface area contributed by atoms with Crippen molar-refractivity contribution in [2.24, 2.45) is 0 Å². The average molecular weight is 356 g/mol. The standard InChI is InChI=1S/C19H18F2N4O/c20-14-3-1-4-15(11-14)23-19(26)13-24-7-9-25(10-8-24)18-6-2-5-17(21)16(18)12-22/h1-6,11H,7-10,13H2,(H,23,26). The van der Waals surface area contributed by atoms with Gasteiger partial charge in [-0.05, 0) is 30.3 Å². The number of hydrogen-bond donors (Lipinski definition) is 1. The van der Waals surface area contributed by atoms with Crippen molar-refractivity contribution >= 4 is 17.3 Å². The van der Waals surface area contributed by atoms with Crippen LogP contribution in [0.3, 0.4) is 0 Å². The fourth-order valence-corrected chi connectivity index (χ4v) is 3.00. The van der Waals surface area contributed by atoms with E-state index in [-0.39, 0.29) is 18.0 Å². The van der Waals surface area contributed by atoms with Crippen LogP contribution < -0.4 is 10.2 Å². The predicted octanol–water partition coefficient (Wildman–Crippen LogP) is 2.60. The van der Waals surface area contributed by atoms with Crippen molar-refractivity contribution in [2.75, 3.05) is 42.9 Å². The second-order valence-electron chi connectivity index (χ2n) is 6.07. The molecule has 0 unspecified atom stereocenters. The van der Waals surface area contributed by atoms with Crippen LogP contribution in [-0.4, -0.2) is 43.5 Å². The van der Waals surface area contributed by atoms with E-state index in [0.717, 1.165) is 0 Å². The molecule has 0 spiro atoms. The van der Waals surface area contributed by atoms with Crippen molar-refractivity contribution in [3.05, 3.63) is 59.7 Å². The van der Waals surface area contributed by atoms with E-state index in [0.29, 0.717) is 37.6 Å². The molecule has 134 valence electrons. The number of carbonyl (C=O) groups is 1. The number of anilines is 2. The van der Waals surface area contributed by atoms with Gasteiger partial charge in [-0.2, -0.15) is 5.26 Å². The van der Waals surface area contributed by atoms with Gasteiger partial charge in [-0.3, -0.25) is 9.69 Å². The van der Waals surface area contributed by atoms with Crippen molar-refractivity contribution in [1.29, 1.82) is 5.26 Å². The van der Waals surface area contributed by atoms with Gasteiger partial charge in [0.2, 0.25) is 5.91 Å². The quantitative estimate of drug-likeness (QED) is 0.915. The molecule has 0 aromatic heterocycles. The Balaban J connectivity index is 1.55. The maximum atomic E-state index is 13.8. The highest BCUT2D eigenvalue weighted by Gasteiger charge is 2.22. The van der Waals surface area contributed by atoms with Crippen molar-refractivity contribution in [1.82, 2.24) is 4.90 Å². The van der Waals surface area contributed by atoms with Crippen molar-refractivity contribution in [2.45, 2.75) is 0 Å². The molecule has 3 rings (SSSR count). The Morgan fingerprint density at radius 1 is 1.12 bits per heavy atom. The van der Waals surface area contributed by atoms with Crippen LogP contribution in [0.15, 0.2) is 42.5 Å². The summed E-state index contributed by atoms with van der Waals surface area (Å²) in [7, 11) is 0. The molecule has 2 aromatic rings. The molecular weight excluding hydrogens is 338 g/mol. The molecule has 1 fully saturated rings. The summed E-state index contributed by atoms with van der Waals surface area (Å²) >= 11 is 0. The van der Waals surface area contributed by atoms with Gasteiger partial charge >= 0.3 is 0 Å². The molecule has 0 atom stereocenters. The van der Waals surface area contributed by atoms with E-state index in [1.807, 2.05) is 15.9 Å². The smallest absolute Gasteiger partial charge is 0.238 e. The highest BCUT2D eigenvalue weighted by molar-refractivity contribution is 5.92. The third-order valence-corrected chi connectivity index (χ3v) is 4.29.